The lowest BCUT2D eigenvalue weighted by molar-refractivity contribution is -0.137. The molecule has 0 saturated carbocycles. The molecule has 2 aliphatic rings. The molecule has 1 saturated heterocycles. The second kappa shape index (κ2) is 8.47. The number of amides is 1. The number of carbonyl (C=O) groups is 1. The van der Waals surface area contributed by atoms with Crippen LogP contribution in [-0.4, -0.2) is 41.4 Å². The number of rotatable bonds is 4. The predicted octanol–water partition coefficient (Wildman–Crippen LogP) is 3.36. The molecular formula is C20H22F3N3OS. The summed E-state index contributed by atoms with van der Waals surface area (Å²) in [5.74, 6) is -3.45. The molecule has 4 nitrogen and oxygen atoms in total. The van der Waals surface area contributed by atoms with Crippen LogP contribution in [0.15, 0.2) is 41.8 Å². The Kier molecular flexibility index (Phi) is 6.23. The minimum Gasteiger partial charge on any atom is -0.337 e. The van der Waals surface area contributed by atoms with Crippen molar-refractivity contribution in [1.29, 1.82) is 0 Å². The normalized spacial score (nSPS) is 23.5. The maximum Gasteiger partial charge on any atom is 0.234 e. The summed E-state index contributed by atoms with van der Waals surface area (Å²) in [4.78, 5) is 16.4. The third kappa shape index (κ3) is 3.99. The lowest BCUT2D eigenvalue weighted by atomic mass is 10.00. The van der Waals surface area contributed by atoms with Crippen molar-refractivity contribution in [2.24, 2.45) is 5.92 Å². The molecule has 1 aromatic carbocycles. The van der Waals surface area contributed by atoms with Gasteiger partial charge in [-0.15, -0.1) is 0 Å². The van der Waals surface area contributed by atoms with Crippen molar-refractivity contribution in [2.45, 2.75) is 25.9 Å². The predicted molar refractivity (Wildman–Crippen MR) is 104 cm³/mol. The number of piperazine rings is 1. The Hall–Kier alpha value is -2.15. The average Bonchev–Trinajstić information content (AvgIpc) is 2.70. The molecule has 0 spiro atoms. The summed E-state index contributed by atoms with van der Waals surface area (Å²) in [6.07, 6.45) is 5.20. The van der Waals surface area contributed by atoms with E-state index in [0.717, 1.165) is 12.1 Å². The summed E-state index contributed by atoms with van der Waals surface area (Å²) in [7, 11) is 0. The fourth-order valence-corrected chi connectivity index (χ4v) is 3.81. The summed E-state index contributed by atoms with van der Waals surface area (Å²) in [5, 5.41) is 0. The molecular weight excluding hydrogens is 387 g/mol. The maximum atomic E-state index is 14.1. The molecule has 28 heavy (non-hydrogen) atoms. The van der Waals surface area contributed by atoms with Crippen molar-refractivity contribution >= 4 is 18.7 Å². The van der Waals surface area contributed by atoms with E-state index in [0.29, 0.717) is 25.3 Å². The van der Waals surface area contributed by atoms with Crippen molar-refractivity contribution < 1.29 is 18.0 Å². The summed E-state index contributed by atoms with van der Waals surface area (Å²) < 4.78 is 44.5. The monoisotopic (exact) mass is 409 g/mol. The Balaban J connectivity index is 1.71. The highest BCUT2D eigenvalue weighted by Gasteiger charge is 2.34. The summed E-state index contributed by atoms with van der Waals surface area (Å²) in [5.41, 5.74) is 3.36. The third-order valence-electron chi connectivity index (χ3n) is 5.28. The molecule has 1 heterocycles. The van der Waals surface area contributed by atoms with Crippen molar-refractivity contribution in [2.75, 3.05) is 19.6 Å². The van der Waals surface area contributed by atoms with Crippen LogP contribution in [0.4, 0.5) is 13.2 Å². The zero-order chi connectivity index (χ0) is 20.4. The van der Waals surface area contributed by atoms with Gasteiger partial charge in [-0.1, -0.05) is 24.6 Å². The molecule has 1 aliphatic heterocycles. The molecule has 1 N–H and O–H groups in total. The van der Waals surface area contributed by atoms with E-state index >= 15 is 0 Å². The SMILES string of the molecule is CC(c1c(F)ccc(F)c1F)N1CCN(C(=O)C2C=C=C(NS)C=C2)[C@@H](C)C1. The van der Waals surface area contributed by atoms with Gasteiger partial charge in [-0.05, 0) is 38.1 Å². The summed E-state index contributed by atoms with van der Waals surface area (Å²) >= 11 is 3.94. The molecule has 1 amide bonds. The standard InChI is InChI=1S/C20H22F3N3OS/c1-12-11-25(13(2)18-16(21)7-8-17(22)19(18)23)9-10-26(12)20(27)14-3-5-15(24-28)6-4-14/h3-5,7-8,12-14,24,28H,9-11H2,1-2H3/t12-,13?,14?/m0/s1. The van der Waals surface area contributed by atoms with Crippen molar-refractivity contribution in [3.8, 4) is 0 Å². The fraction of sp³-hybridized carbons (Fsp3) is 0.400. The third-order valence-corrected chi connectivity index (χ3v) is 5.52. The van der Waals surface area contributed by atoms with Crippen LogP contribution in [0.2, 0.25) is 0 Å². The molecule has 1 aromatic rings. The molecule has 150 valence electrons. The first-order chi connectivity index (χ1) is 13.3. The highest BCUT2D eigenvalue weighted by atomic mass is 32.1. The molecule has 3 atom stereocenters. The molecule has 8 heteroatoms. The van der Waals surface area contributed by atoms with Gasteiger partial charge in [-0.3, -0.25) is 9.69 Å². The fourth-order valence-electron chi connectivity index (χ4n) is 3.67. The van der Waals surface area contributed by atoms with E-state index in [-0.39, 0.29) is 17.5 Å². The number of thiol groups is 1. The van der Waals surface area contributed by atoms with Gasteiger partial charge in [-0.2, -0.15) is 0 Å². The number of nitrogens with zero attached hydrogens (tertiary/aromatic N) is 2. The first-order valence-corrected chi connectivity index (χ1v) is 9.51. The molecule has 1 fully saturated rings. The van der Waals surface area contributed by atoms with Gasteiger partial charge >= 0.3 is 0 Å². The van der Waals surface area contributed by atoms with Crippen LogP contribution >= 0.6 is 12.8 Å². The van der Waals surface area contributed by atoms with Gasteiger partial charge < -0.3 is 9.62 Å². The number of carbonyl (C=O) groups excluding carboxylic acids is 1. The van der Waals surface area contributed by atoms with E-state index in [4.69, 9.17) is 0 Å². The smallest absolute Gasteiger partial charge is 0.234 e. The number of hydrogen-bond acceptors (Lipinski definition) is 4. The lowest BCUT2D eigenvalue weighted by Crippen LogP contribution is -2.55. The quantitative estimate of drug-likeness (QED) is 0.455. The largest absolute Gasteiger partial charge is 0.337 e. The Morgan fingerprint density at radius 3 is 2.61 bits per heavy atom. The van der Waals surface area contributed by atoms with Gasteiger partial charge in [0.15, 0.2) is 11.6 Å². The number of hydrogen-bond donors (Lipinski definition) is 2. The van der Waals surface area contributed by atoms with Gasteiger partial charge in [0, 0.05) is 37.3 Å². The number of nitrogens with one attached hydrogen (secondary N) is 1. The van der Waals surface area contributed by atoms with E-state index in [1.807, 2.05) is 11.8 Å². The topological polar surface area (TPSA) is 35.6 Å². The summed E-state index contributed by atoms with van der Waals surface area (Å²) in [6, 6.07) is 0.931. The van der Waals surface area contributed by atoms with E-state index in [2.05, 4.69) is 23.3 Å². The van der Waals surface area contributed by atoms with E-state index in [1.165, 1.54) is 0 Å². The van der Waals surface area contributed by atoms with Crippen molar-refractivity contribution in [3.63, 3.8) is 0 Å². The molecule has 0 bridgehead atoms. The van der Waals surface area contributed by atoms with Gasteiger partial charge in [-0.25, -0.2) is 13.2 Å². The van der Waals surface area contributed by atoms with E-state index in [9.17, 15) is 18.0 Å². The zero-order valence-corrected chi connectivity index (χ0v) is 16.5. The zero-order valence-electron chi connectivity index (χ0n) is 15.6. The Morgan fingerprint density at radius 1 is 1.29 bits per heavy atom. The second-order valence-electron chi connectivity index (χ2n) is 7.03. The Labute approximate surface area is 167 Å². The van der Waals surface area contributed by atoms with Gasteiger partial charge in [0.2, 0.25) is 5.91 Å². The van der Waals surface area contributed by atoms with Crippen LogP contribution in [0.5, 0.6) is 0 Å². The molecule has 0 radical (unpaired) electrons. The maximum absolute atomic E-state index is 14.1. The second-order valence-corrected chi connectivity index (χ2v) is 7.25. The van der Waals surface area contributed by atoms with Gasteiger partial charge in [0.25, 0.3) is 0 Å². The van der Waals surface area contributed by atoms with Crippen LogP contribution in [0.1, 0.15) is 25.5 Å². The highest BCUT2D eigenvalue weighted by Crippen LogP contribution is 2.29. The average molecular weight is 409 g/mol. The van der Waals surface area contributed by atoms with Crippen LogP contribution in [-0.2, 0) is 4.79 Å². The Bertz CT molecular complexity index is 866. The summed E-state index contributed by atoms with van der Waals surface area (Å²) in [6.45, 7) is 4.83. The minimum absolute atomic E-state index is 0.0510. The van der Waals surface area contributed by atoms with Crippen molar-refractivity contribution in [3.05, 3.63) is 64.8 Å². The van der Waals surface area contributed by atoms with Crippen LogP contribution < -0.4 is 4.72 Å². The van der Waals surface area contributed by atoms with Gasteiger partial charge in [0.1, 0.15) is 5.82 Å². The Morgan fingerprint density at radius 2 is 2.00 bits per heavy atom. The van der Waals surface area contributed by atoms with Crippen LogP contribution in [0.3, 0.4) is 0 Å². The minimum atomic E-state index is -1.16. The number of halogens is 3. The number of benzene rings is 1. The first-order valence-electron chi connectivity index (χ1n) is 9.06. The van der Waals surface area contributed by atoms with Crippen molar-refractivity contribution in [1.82, 2.24) is 14.5 Å². The van der Waals surface area contributed by atoms with E-state index < -0.39 is 29.4 Å². The van der Waals surface area contributed by atoms with Gasteiger partial charge in [0.05, 0.1) is 11.6 Å². The van der Waals surface area contributed by atoms with Crippen LogP contribution in [0, 0.1) is 23.4 Å². The highest BCUT2D eigenvalue weighted by molar-refractivity contribution is 7.78. The molecule has 1 aliphatic carbocycles. The first kappa shape index (κ1) is 20.6. The van der Waals surface area contributed by atoms with E-state index in [1.54, 1.807) is 30.1 Å². The molecule has 3 rings (SSSR count). The van der Waals surface area contributed by atoms with Crippen LogP contribution in [0.25, 0.3) is 0 Å². The molecule has 0 aromatic heterocycles. The molecule has 2 unspecified atom stereocenters. The lowest BCUT2D eigenvalue weighted by Gasteiger charge is -2.43.